The summed E-state index contributed by atoms with van der Waals surface area (Å²) in [6.45, 7) is 0. The summed E-state index contributed by atoms with van der Waals surface area (Å²) < 4.78 is 5.04. The lowest BCUT2D eigenvalue weighted by Crippen LogP contribution is -2.11. The summed E-state index contributed by atoms with van der Waals surface area (Å²) in [5.41, 5.74) is 7.77. The number of aromatic nitrogens is 2. The van der Waals surface area contributed by atoms with Crippen LogP contribution < -0.4 is 5.73 Å². The maximum atomic E-state index is 11.2. The van der Waals surface area contributed by atoms with Gasteiger partial charge in [-0.3, -0.25) is 9.78 Å². The number of hydrogen-bond acceptors (Lipinski definition) is 4. The molecular formula is C13H9N3OS. The Balaban J connectivity index is 2.16. The molecule has 4 nitrogen and oxygen atoms in total. The number of hydrogen-bond donors (Lipinski definition) is 1. The molecular weight excluding hydrogens is 246 g/mol. The fraction of sp³-hybridized carbons (Fsp3) is 0. The second kappa shape index (κ2) is 4.19. The highest BCUT2D eigenvalue weighted by molar-refractivity contribution is 7.13. The normalized spacial score (nSPS) is 10.7. The van der Waals surface area contributed by atoms with Gasteiger partial charge in [-0.2, -0.15) is 4.37 Å². The van der Waals surface area contributed by atoms with E-state index in [0.29, 0.717) is 5.69 Å². The minimum atomic E-state index is -0.488. The Hall–Kier alpha value is -2.27. The minimum Gasteiger partial charge on any atom is -0.364 e. The van der Waals surface area contributed by atoms with Crippen molar-refractivity contribution in [3.8, 4) is 11.1 Å². The van der Waals surface area contributed by atoms with E-state index >= 15 is 0 Å². The van der Waals surface area contributed by atoms with Crippen molar-refractivity contribution in [2.45, 2.75) is 0 Å². The van der Waals surface area contributed by atoms with Crippen LogP contribution in [0.2, 0.25) is 0 Å². The molecule has 0 aliphatic rings. The lowest BCUT2D eigenvalue weighted by atomic mass is 10.1. The monoisotopic (exact) mass is 255 g/mol. The molecule has 0 aliphatic carbocycles. The minimum absolute atomic E-state index is 0.344. The highest BCUT2D eigenvalue weighted by Crippen LogP contribution is 2.28. The lowest BCUT2D eigenvalue weighted by Gasteiger charge is -2.00. The van der Waals surface area contributed by atoms with Gasteiger partial charge in [0.25, 0.3) is 5.91 Å². The van der Waals surface area contributed by atoms with Crippen molar-refractivity contribution in [3.05, 3.63) is 48.4 Å². The molecule has 3 aromatic rings. The number of benzene rings is 1. The van der Waals surface area contributed by atoms with Gasteiger partial charge in [-0.1, -0.05) is 12.1 Å². The summed E-state index contributed by atoms with van der Waals surface area (Å²) in [6, 6.07) is 9.73. The van der Waals surface area contributed by atoms with Crippen molar-refractivity contribution >= 4 is 27.5 Å². The van der Waals surface area contributed by atoms with Crippen molar-refractivity contribution in [1.29, 1.82) is 0 Å². The quantitative estimate of drug-likeness (QED) is 0.764. The van der Waals surface area contributed by atoms with E-state index in [1.165, 1.54) is 11.5 Å². The van der Waals surface area contributed by atoms with Crippen LogP contribution in [0.5, 0.6) is 0 Å². The summed E-state index contributed by atoms with van der Waals surface area (Å²) >= 11 is 1.28. The maximum Gasteiger partial charge on any atom is 0.269 e. The maximum absolute atomic E-state index is 11.2. The van der Waals surface area contributed by atoms with E-state index in [1.807, 2.05) is 30.3 Å². The average Bonchev–Trinajstić information content (AvgIpc) is 2.82. The van der Waals surface area contributed by atoms with Crippen LogP contribution in [0.1, 0.15) is 10.5 Å². The van der Waals surface area contributed by atoms with E-state index in [0.717, 1.165) is 21.2 Å². The SMILES string of the molecule is NC(=O)c1nsc2cc(-c3ccncc3)ccc12. The van der Waals surface area contributed by atoms with Crippen LogP contribution >= 0.6 is 11.5 Å². The molecule has 0 bridgehead atoms. The summed E-state index contributed by atoms with van der Waals surface area (Å²) in [5.74, 6) is -0.488. The Morgan fingerprint density at radius 3 is 2.61 bits per heavy atom. The number of rotatable bonds is 2. The molecule has 5 heteroatoms. The molecule has 2 heterocycles. The molecule has 1 amide bonds. The van der Waals surface area contributed by atoms with E-state index in [2.05, 4.69) is 9.36 Å². The first kappa shape index (κ1) is 10.9. The predicted molar refractivity (Wildman–Crippen MR) is 71.4 cm³/mol. The van der Waals surface area contributed by atoms with Gasteiger partial charge in [-0.05, 0) is 40.9 Å². The van der Waals surface area contributed by atoms with Crippen molar-refractivity contribution in [2.75, 3.05) is 0 Å². The number of nitrogens with two attached hydrogens (primary N) is 1. The van der Waals surface area contributed by atoms with Crippen LogP contribution in [0.15, 0.2) is 42.7 Å². The second-order valence-electron chi connectivity index (χ2n) is 3.84. The van der Waals surface area contributed by atoms with Gasteiger partial charge in [-0.25, -0.2) is 0 Å². The number of primary amides is 1. The third-order valence-electron chi connectivity index (χ3n) is 2.72. The topological polar surface area (TPSA) is 68.9 Å². The Labute approximate surface area is 107 Å². The first-order valence-electron chi connectivity index (χ1n) is 5.35. The first-order chi connectivity index (χ1) is 8.75. The van der Waals surface area contributed by atoms with Crippen LogP contribution in [0, 0.1) is 0 Å². The molecule has 0 radical (unpaired) electrons. The summed E-state index contributed by atoms with van der Waals surface area (Å²) in [5, 5.41) is 0.810. The zero-order valence-electron chi connectivity index (χ0n) is 9.33. The van der Waals surface area contributed by atoms with Crippen LogP contribution in [0.25, 0.3) is 21.2 Å². The summed E-state index contributed by atoms with van der Waals surface area (Å²) in [6.07, 6.45) is 3.50. The van der Waals surface area contributed by atoms with Crippen molar-refractivity contribution < 1.29 is 4.79 Å². The Morgan fingerprint density at radius 2 is 1.89 bits per heavy atom. The molecule has 0 saturated carbocycles. The number of carbonyl (C=O) groups is 1. The van der Waals surface area contributed by atoms with Gasteiger partial charge in [0, 0.05) is 17.8 Å². The first-order valence-corrected chi connectivity index (χ1v) is 6.12. The molecule has 0 atom stereocenters. The van der Waals surface area contributed by atoms with Gasteiger partial charge >= 0.3 is 0 Å². The van der Waals surface area contributed by atoms with Crippen LogP contribution in [-0.4, -0.2) is 15.3 Å². The molecule has 18 heavy (non-hydrogen) atoms. The van der Waals surface area contributed by atoms with Crippen LogP contribution in [-0.2, 0) is 0 Å². The molecule has 0 fully saturated rings. The third kappa shape index (κ3) is 1.74. The van der Waals surface area contributed by atoms with E-state index in [4.69, 9.17) is 5.73 Å². The molecule has 88 valence electrons. The Bertz CT molecular complexity index is 721. The molecule has 0 saturated heterocycles. The molecule has 3 rings (SSSR count). The second-order valence-corrected chi connectivity index (χ2v) is 4.65. The van der Waals surface area contributed by atoms with E-state index in [9.17, 15) is 4.79 Å². The molecule has 0 spiro atoms. The average molecular weight is 255 g/mol. The van der Waals surface area contributed by atoms with Gasteiger partial charge in [0.05, 0.1) is 4.70 Å². The van der Waals surface area contributed by atoms with Gasteiger partial charge in [-0.15, -0.1) is 0 Å². The Kier molecular flexibility index (Phi) is 2.53. The molecule has 0 aliphatic heterocycles. The van der Waals surface area contributed by atoms with Crippen LogP contribution in [0.3, 0.4) is 0 Å². The number of fused-ring (bicyclic) bond motifs is 1. The molecule has 0 unspecified atom stereocenters. The number of amides is 1. The van der Waals surface area contributed by atoms with Gasteiger partial charge in [0.1, 0.15) is 5.69 Å². The number of nitrogens with zero attached hydrogens (tertiary/aromatic N) is 2. The van der Waals surface area contributed by atoms with Gasteiger partial charge < -0.3 is 5.73 Å². The van der Waals surface area contributed by atoms with Crippen molar-refractivity contribution in [1.82, 2.24) is 9.36 Å². The van der Waals surface area contributed by atoms with E-state index in [1.54, 1.807) is 12.4 Å². The smallest absolute Gasteiger partial charge is 0.269 e. The van der Waals surface area contributed by atoms with E-state index in [-0.39, 0.29) is 0 Å². The molecule has 2 N–H and O–H groups in total. The molecule has 1 aromatic carbocycles. The van der Waals surface area contributed by atoms with Crippen molar-refractivity contribution in [3.63, 3.8) is 0 Å². The summed E-state index contributed by atoms with van der Waals surface area (Å²) in [7, 11) is 0. The van der Waals surface area contributed by atoms with Gasteiger partial charge in [0.2, 0.25) is 0 Å². The van der Waals surface area contributed by atoms with Crippen LogP contribution in [0.4, 0.5) is 0 Å². The van der Waals surface area contributed by atoms with E-state index < -0.39 is 5.91 Å². The number of pyridine rings is 1. The highest BCUT2D eigenvalue weighted by Gasteiger charge is 2.11. The fourth-order valence-corrected chi connectivity index (χ4v) is 2.66. The zero-order valence-corrected chi connectivity index (χ0v) is 10.1. The zero-order chi connectivity index (χ0) is 12.5. The lowest BCUT2D eigenvalue weighted by molar-refractivity contribution is 0.0998. The van der Waals surface area contributed by atoms with Crippen molar-refractivity contribution in [2.24, 2.45) is 5.73 Å². The largest absolute Gasteiger partial charge is 0.364 e. The fourth-order valence-electron chi connectivity index (χ4n) is 1.84. The van der Waals surface area contributed by atoms with Gasteiger partial charge in [0.15, 0.2) is 0 Å². The third-order valence-corrected chi connectivity index (χ3v) is 3.53. The Morgan fingerprint density at radius 1 is 1.11 bits per heavy atom. The summed E-state index contributed by atoms with van der Waals surface area (Å²) in [4.78, 5) is 15.2. The number of carbonyl (C=O) groups excluding carboxylic acids is 1. The molecule has 2 aromatic heterocycles. The standard InChI is InChI=1S/C13H9N3OS/c14-13(17)12-10-2-1-9(7-11(10)18-16-12)8-3-5-15-6-4-8/h1-7H,(H2,14,17). The highest BCUT2D eigenvalue weighted by atomic mass is 32.1. The predicted octanol–water partition coefficient (Wildman–Crippen LogP) is 2.46.